The van der Waals surface area contributed by atoms with Gasteiger partial charge in [0, 0.05) is 31.7 Å². The molecular weight excluding hydrogens is 418 g/mol. The molecule has 2 amide bonds. The van der Waals surface area contributed by atoms with Gasteiger partial charge in [-0.05, 0) is 50.6 Å². The summed E-state index contributed by atoms with van der Waals surface area (Å²) < 4.78 is 33.1. The lowest BCUT2D eigenvalue weighted by Gasteiger charge is -2.34. The van der Waals surface area contributed by atoms with Crippen LogP contribution in [0.25, 0.3) is 0 Å². The number of sulfonamides is 1. The van der Waals surface area contributed by atoms with Crippen molar-refractivity contribution in [2.45, 2.75) is 25.7 Å². The second kappa shape index (κ2) is 9.38. The predicted molar refractivity (Wildman–Crippen MR) is 118 cm³/mol. The highest BCUT2D eigenvalue weighted by molar-refractivity contribution is 7.92. The van der Waals surface area contributed by atoms with Crippen LogP contribution in [0.1, 0.15) is 28.4 Å². The van der Waals surface area contributed by atoms with Crippen LogP contribution in [0.4, 0.5) is 10.5 Å². The van der Waals surface area contributed by atoms with Crippen molar-refractivity contribution < 1.29 is 22.7 Å². The minimum atomic E-state index is -3.78. The van der Waals surface area contributed by atoms with E-state index in [1.807, 2.05) is 6.92 Å². The largest absolute Gasteiger partial charge is 0.450 e. The van der Waals surface area contributed by atoms with Crippen LogP contribution >= 0.6 is 0 Å². The minimum Gasteiger partial charge on any atom is -0.450 e. The Morgan fingerprint density at radius 3 is 2.19 bits per heavy atom. The molecule has 2 aromatic rings. The molecule has 0 aliphatic carbocycles. The van der Waals surface area contributed by atoms with Crippen LogP contribution in [0.3, 0.4) is 0 Å². The molecule has 0 spiro atoms. The zero-order valence-electron chi connectivity index (χ0n) is 17.9. The molecular formula is C22H27N3O5S. The summed E-state index contributed by atoms with van der Waals surface area (Å²) in [5.41, 5.74) is 2.30. The number of carbonyl (C=O) groups is 2. The van der Waals surface area contributed by atoms with Gasteiger partial charge in [0.1, 0.15) is 0 Å². The van der Waals surface area contributed by atoms with Crippen LogP contribution in [0, 0.1) is 13.8 Å². The Morgan fingerprint density at radius 1 is 0.968 bits per heavy atom. The number of amides is 2. The lowest BCUT2D eigenvalue weighted by atomic mass is 10.1. The summed E-state index contributed by atoms with van der Waals surface area (Å²) in [7, 11) is -3.78. The maximum absolute atomic E-state index is 13.1. The molecule has 31 heavy (non-hydrogen) atoms. The van der Waals surface area contributed by atoms with Crippen molar-refractivity contribution in [2.75, 3.05) is 37.5 Å². The van der Waals surface area contributed by atoms with E-state index in [-0.39, 0.29) is 16.9 Å². The van der Waals surface area contributed by atoms with Gasteiger partial charge in [0.05, 0.1) is 17.2 Å². The fourth-order valence-electron chi connectivity index (χ4n) is 3.38. The van der Waals surface area contributed by atoms with E-state index in [2.05, 4.69) is 4.72 Å². The molecule has 0 atom stereocenters. The number of nitrogens with one attached hydrogen (secondary N) is 1. The number of anilines is 1. The number of piperazine rings is 1. The first-order valence-electron chi connectivity index (χ1n) is 10.1. The Labute approximate surface area is 182 Å². The van der Waals surface area contributed by atoms with E-state index in [1.54, 1.807) is 66.1 Å². The van der Waals surface area contributed by atoms with E-state index in [1.165, 1.54) is 0 Å². The predicted octanol–water partition coefficient (Wildman–Crippen LogP) is 3.02. The monoisotopic (exact) mass is 445 g/mol. The normalized spacial score (nSPS) is 14.3. The van der Waals surface area contributed by atoms with Gasteiger partial charge < -0.3 is 14.5 Å². The quantitative estimate of drug-likeness (QED) is 0.763. The van der Waals surface area contributed by atoms with Crippen molar-refractivity contribution in [1.29, 1.82) is 0 Å². The Kier molecular flexibility index (Phi) is 6.84. The number of hydrogen-bond acceptors (Lipinski definition) is 5. The zero-order valence-corrected chi connectivity index (χ0v) is 18.7. The molecule has 1 saturated heterocycles. The molecule has 1 fully saturated rings. The highest BCUT2D eigenvalue weighted by Crippen LogP contribution is 2.24. The van der Waals surface area contributed by atoms with E-state index in [0.29, 0.717) is 49.6 Å². The average Bonchev–Trinajstić information content (AvgIpc) is 2.75. The fraction of sp³-hybridized carbons (Fsp3) is 0.364. The first kappa shape index (κ1) is 22.6. The zero-order chi connectivity index (χ0) is 22.6. The number of benzene rings is 2. The maximum Gasteiger partial charge on any atom is 0.409 e. The fourth-order valence-corrected chi connectivity index (χ4v) is 4.50. The van der Waals surface area contributed by atoms with Crippen LogP contribution in [-0.4, -0.2) is 63.0 Å². The van der Waals surface area contributed by atoms with Crippen LogP contribution in [0.15, 0.2) is 47.4 Å². The molecule has 1 aliphatic heterocycles. The van der Waals surface area contributed by atoms with Gasteiger partial charge in [-0.3, -0.25) is 9.52 Å². The van der Waals surface area contributed by atoms with Gasteiger partial charge in [0.25, 0.3) is 15.9 Å². The number of rotatable bonds is 5. The van der Waals surface area contributed by atoms with Crippen LogP contribution in [0.5, 0.6) is 0 Å². The molecule has 0 saturated carbocycles. The van der Waals surface area contributed by atoms with Crippen LogP contribution in [0.2, 0.25) is 0 Å². The summed E-state index contributed by atoms with van der Waals surface area (Å²) in [5, 5.41) is 0. The smallest absolute Gasteiger partial charge is 0.409 e. The lowest BCUT2D eigenvalue weighted by Crippen LogP contribution is -2.50. The SMILES string of the molecule is CCOC(=O)N1CCN(C(=O)c2cccc(NS(=O)(=O)c3ccc(C)cc3)c2C)CC1. The van der Waals surface area contributed by atoms with Crippen molar-refractivity contribution in [3.63, 3.8) is 0 Å². The summed E-state index contributed by atoms with van der Waals surface area (Å²) in [5.74, 6) is -0.197. The Hall–Kier alpha value is -3.07. The highest BCUT2D eigenvalue weighted by Gasteiger charge is 2.27. The molecule has 1 N–H and O–H groups in total. The van der Waals surface area contributed by atoms with E-state index in [0.717, 1.165) is 5.56 Å². The number of ether oxygens (including phenoxy) is 1. The summed E-state index contributed by atoms with van der Waals surface area (Å²) in [4.78, 5) is 28.3. The summed E-state index contributed by atoms with van der Waals surface area (Å²) in [6.07, 6.45) is -0.377. The van der Waals surface area contributed by atoms with Gasteiger partial charge in [-0.15, -0.1) is 0 Å². The summed E-state index contributed by atoms with van der Waals surface area (Å²) >= 11 is 0. The lowest BCUT2D eigenvalue weighted by molar-refractivity contribution is 0.0570. The van der Waals surface area contributed by atoms with Gasteiger partial charge in [-0.2, -0.15) is 0 Å². The molecule has 1 aliphatic rings. The summed E-state index contributed by atoms with van der Waals surface area (Å²) in [6.45, 7) is 7.22. The second-order valence-electron chi connectivity index (χ2n) is 7.37. The molecule has 0 bridgehead atoms. The Morgan fingerprint density at radius 2 is 1.58 bits per heavy atom. The average molecular weight is 446 g/mol. The van der Waals surface area contributed by atoms with Gasteiger partial charge in [0.15, 0.2) is 0 Å². The van der Waals surface area contributed by atoms with Gasteiger partial charge in [-0.25, -0.2) is 13.2 Å². The highest BCUT2D eigenvalue weighted by atomic mass is 32.2. The van der Waals surface area contributed by atoms with E-state index >= 15 is 0 Å². The van der Waals surface area contributed by atoms with Crippen molar-refractivity contribution in [3.05, 3.63) is 59.2 Å². The number of nitrogens with zero attached hydrogens (tertiary/aromatic N) is 2. The molecule has 1 heterocycles. The van der Waals surface area contributed by atoms with Crippen molar-refractivity contribution >= 4 is 27.7 Å². The molecule has 8 nitrogen and oxygen atoms in total. The van der Waals surface area contributed by atoms with Gasteiger partial charge >= 0.3 is 6.09 Å². The van der Waals surface area contributed by atoms with Crippen LogP contribution in [-0.2, 0) is 14.8 Å². The molecule has 3 rings (SSSR count). The molecule has 9 heteroatoms. The molecule has 0 aromatic heterocycles. The first-order valence-corrected chi connectivity index (χ1v) is 11.6. The maximum atomic E-state index is 13.1. The second-order valence-corrected chi connectivity index (χ2v) is 9.06. The van der Waals surface area contributed by atoms with Gasteiger partial charge in [-0.1, -0.05) is 23.8 Å². The van der Waals surface area contributed by atoms with E-state index in [9.17, 15) is 18.0 Å². The Balaban J connectivity index is 1.74. The van der Waals surface area contributed by atoms with Crippen molar-refractivity contribution in [3.8, 4) is 0 Å². The standard InChI is InChI=1S/C22H27N3O5S/c1-4-30-22(27)25-14-12-24(13-15-25)21(26)19-6-5-7-20(17(19)3)23-31(28,29)18-10-8-16(2)9-11-18/h5-11,23H,4,12-15H2,1-3H3. The van der Waals surface area contributed by atoms with Crippen molar-refractivity contribution in [2.24, 2.45) is 0 Å². The third-order valence-corrected chi connectivity index (χ3v) is 6.61. The minimum absolute atomic E-state index is 0.157. The van der Waals surface area contributed by atoms with Crippen LogP contribution < -0.4 is 4.72 Å². The van der Waals surface area contributed by atoms with Gasteiger partial charge in [0.2, 0.25) is 0 Å². The first-order chi connectivity index (χ1) is 14.7. The molecule has 166 valence electrons. The van der Waals surface area contributed by atoms with E-state index in [4.69, 9.17) is 4.74 Å². The number of carbonyl (C=O) groups excluding carboxylic acids is 2. The number of hydrogen-bond donors (Lipinski definition) is 1. The number of aryl methyl sites for hydroxylation is 1. The summed E-state index contributed by atoms with van der Waals surface area (Å²) in [6, 6.07) is 11.5. The third-order valence-electron chi connectivity index (χ3n) is 5.23. The van der Waals surface area contributed by atoms with E-state index < -0.39 is 10.0 Å². The third kappa shape index (κ3) is 5.16. The Bertz CT molecular complexity index is 1060. The van der Waals surface area contributed by atoms with Crippen molar-refractivity contribution in [1.82, 2.24) is 9.80 Å². The topological polar surface area (TPSA) is 96.0 Å². The molecule has 0 radical (unpaired) electrons. The molecule has 0 unspecified atom stereocenters. The molecule has 2 aromatic carbocycles.